The molecule has 0 spiro atoms. The Hall–Kier alpha value is -0.100. The van der Waals surface area contributed by atoms with Crippen molar-refractivity contribution in [2.75, 3.05) is 12.4 Å². The molecule has 1 N–H and O–H groups in total. The molecule has 0 aliphatic heterocycles. The number of benzene rings is 1. The molecule has 0 atom stereocenters. The summed E-state index contributed by atoms with van der Waals surface area (Å²) in [5, 5.41) is 0. The van der Waals surface area contributed by atoms with Crippen LogP contribution in [-0.4, -0.2) is 20.8 Å². The third-order valence-electron chi connectivity index (χ3n) is 1.71. The van der Waals surface area contributed by atoms with Gasteiger partial charge in [-0.05, 0) is 24.6 Å². The summed E-state index contributed by atoms with van der Waals surface area (Å²) in [6, 6.07) is 6.56. The van der Waals surface area contributed by atoms with Crippen molar-refractivity contribution in [3.8, 4) is 0 Å². The summed E-state index contributed by atoms with van der Waals surface area (Å²) in [6.45, 7) is 0.359. The lowest BCUT2D eigenvalue weighted by Gasteiger charge is -2.05. The number of halogens is 2. The molecule has 0 saturated heterocycles. The van der Waals surface area contributed by atoms with Crippen LogP contribution in [-0.2, 0) is 10.0 Å². The lowest BCUT2D eigenvalue weighted by Crippen LogP contribution is -2.24. The van der Waals surface area contributed by atoms with Crippen molar-refractivity contribution >= 4 is 37.6 Å². The van der Waals surface area contributed by atoms with E-state index in [-0.39, 0.29) is 4.90 Å². The second-order valence-corrected chi connectivity index (χ2v) is 5.96. The molecule has 0 amide bonds. The van der Waals surface area contributed by atoms with Gasteiger partial charge in [-0.2, -0.15) is 0 Å². The third-order valence-corrected chi connectivity index (χ3v) is 3.93. The Balaban J connectivity index is 2.77. The maximum absolute atomic E-state index is 11.7. The van der Waals surface area contributed by atoms with E-state index in [1.807, 2.05) is 0 Å². The zero-order chi connectivity index (χ0) is 11.3. The molecule has 1 aromatic rings. The van der Waals surface area contributed by atoms with Gasteiger partial charge in [-0.1, -0.05) is 22.0 Å². The molecule has 1 rings (SSSR count). The zero-order valence-electron chi connectivity index (χ0n) is 7.91. The first-order chi connectivity index (χ1) is 7.06. The van der Waals surface area contributed by atoms with Crippen molar-refractivity contribution in [1.82, 2.24) is 4.72 Å². The van der Waals surface area contributed by atoms with Gasteiger partial charge in [0.1, 0.15) is 0 Å². The summed E-state index contributed by atoms with van der Waals surface area (Å²) in [6.07, 6.45) is 0.620. The second kappa shape index (κ2) is 5.84. The molecule has 0 fully saturated rings. The molecule has 0 bridgehead atoms. The number of rotatable bonds is 5. The molecule has 0 radical (unpaired) electrons. The SMILES string of the molecule is O=S(=O)(NCCCCl)c1cccc(Br)c1. The van der Waals surface area contributed by atoms with Gasteiger partial charge in [0.15, 0.2) is 0 Å². The molecule has 0 aliphatic carbocycles. The van der Waals surface area contributed by atoms with Crippen molar-refractivity contribution in [3.63, 3.8) is 0 Å². The third kappa shape index (κ3) is 4.10. The lowest BCUT2D eigenvalue weighted by molar-refractivity contribution is 0.581. The van der Waals surface area contributed by atoms with E-state index in [2.05, 4.69) is 20.7 Å². The average molecular weight is 313 g/mol. The van der Waals surface area contributed by atoms with Crippen LogP contribution in [0.15, 0.2) is 33.6 Å². The van der Waals surface area contributed by atoms with Crippen LogP contribution in [0.1, 0.15) is 6.42 Å². The average Bonchev–Trinajstić information content (AvgIpc) is 2.18. The summed E-state index contributed by atoms with van der Waals surface area (Å²) >= 11 is 8.68. The Morgan fingerprint density at radius 3 is 2.73 bits per heavy atom. The van der Waals surface area contributed by atoms with Crippen LogP contribution in [0.5, 0.6) is 0 Å². The molecule has 0 unspecified atom stereocenters. The minimum absolute atomic E-state index is 0.256. The van der Waals surface area contributed by atoms with Crippen LogP contribution in [0.2, 0.25) is 0 Å². The largest absolute Gasteiger partial charge is 0.240 e. The molecule has 15 heavy (non-hydrogen) atoms. The predicted octanol–water partition coefficient (Wildman–Crippen LogP) is 2.36. The van der Waals surface area contributed by atoms with Gasteiger partial charge >= 0.3 is 0 Å². The van der Waals surface area contributed by atoms with Crippen LogP contribution in [0.4, 0.5) is 0 Å². The molecule has 0 aromatic heterocycles. The van der Waals surface area contributed by atoms with Crippen LogP contribution in [0, 0.1) is 0 Å². The molecule has 3 nitrogen and oxygen atoms in total. The lowest BCUT2D eigenvalue weighted by atomic mass is 10.4. The van der Waals surface area contributed by atoms with Crippen molar-refractivity contribution in [2.45, 2.75) is 11.3 Å². The van der Waals surface area contributed by atoms with Gasteiger partial charge in [0.25, 0.3) is 0 Å². The minimum atomic E-state index is -3.39. The molecular formula is C9H11BrClNO2S. The maximum Gasteiger partial charge on any atom is 0.240 e. The number of hydrogen-bond acceptors (Lipinski definition) is 2. The first kappa shape index (κ1) is 13.0. The van der Waals surface area contributed by atoms with Crippen molar-refractivity contribution < 1.29 is 8.42 Å². The second-order valence-electron chi connectivity index (χ2n) is 2.90. The molecule has 1 aromatic carbocycles. The van der Waals surface area contributed by atoms with E-state index in [1.165, 1.54) is 0 Å². The Bertz CT molecular complexity index is 422. The van der Waals surface area contributed by atoms with E-state index in [4.69, 9.17) is 11.6 Å². The van der Waals surface area contributed by atoms with Gasteiger partial charge < -0.3 is 0 Å². The normalized spacial score (nSPS) is 11.6. The number of hydrogen-bond donors (Lipinski definition) is 1. The van der Waals surface area contributed by atoms with E-state index in [9.17, 15) is 8.42 Å². The molecule has 0 heterocycles. The highest BCUT2D eigenvalue weighted by Gasteiger charge is 2.12. The Morgan fingerprint density at radius 1 is 1.40 bits per heavy atom. The highest BCUT2D eigenvalue weighted by Crippen LogP contribution is 2.15. The summed E-state index contributed by atoms with van der Waals surface area (Å²) in [4.78, 5) is 0.256. The monoisotopic (exact) mass is 311 g/mol. The quantitative estimate of drug-likeness (QED) is 0.670. The van der Waals surface area contributed by atoms with E-state index < -0.39 is 10.0 Å². The minimum Gasteiger partial charge on any atom is -0.211 e. The van der Waals surface area contributed by atoms with Gasteiger partial charge in [0.05, 0.1) is 4.90 Å². The fourth-order valence-corrected chi connectivity index (χ4v) is 2.79. The van der Waals surface area contributed by atoms with Crippen LogP contribution < -0.4 is 4.72 Å². The summed E-state index contributed by atoms with van der Waals surface area (Å²) in [5.74, 6) is 0.445. The fourth-order valence-electron chi connectivity index (χ4n) is 0.991. The first-order valence-corrected chi connectivity index (χ1v) is 7.18. The summed E-state index contributed by atoms with van der Waals surface area (Å²) in [7, 11) is -3.39. The van der Waals surface area contributed by atoms with Gasteiger partial charge in [0.2, 0.25) is 10.0 Å². The van der Waals surface area contributed by atoms with Gasteiger partial charge in [-0.25, -0.2) is 13.1 Å². The highest BCUT2D eigenvalue weighted by atomic mass is 79.9. The Morgan fingerprint density at radius 2 is 2.13 bits per heavy atom. The van der Waals surface area contributed by atoms with E-state index in [0.717, 1.165) is 4.47 Å². The Kier molecular flexibility index (Phi) is 5.05. The Labute approximate surface area is 103 Å². The summed E-state index contributed by atoms with van der Waals surface area (Å²) < 4.78 is 26.6. The molecular weight excluding hydrogens is 302 g/mol. The van der Waals surface area contributed by atoms with Crippen molar-refractivity contribution in [1.29, 1.82) is 0 Å². The molecule has 84 valence electrons. The summed E-state index contributed by atoms with van der Waals surface area (Å²) in [5.41, 5.74) is 0. The number of nitrogens with one attached hydrogen (secondary N) is 1. The maximum atomic E-state index is 11.7. The molecule has 0 aliphatic rings. The van der Waals surface area contributed by atoms with Crippen LogP contribution in [0.25, 0.3) is 0 Å². The van der Waals surface area contributed by atoms with Gasteiger partial charge in [-0.3, -0.25) is 0 Å². The molecule has 6 heteroatoms. The van der Waals surface area contributed by atoms with Crippen molar-refractivity contribution in [2.24, 2.45) is 0 Å². The topological polar surface area (TPSA) is 46.2 Å². The van der Waals surface area contributed by atoms with E-state index in [1.54, 1.807) is 24.3 Å². The van der Waals surface area contributed by atoms with E-state index >= 15 is 0 Å². The van der Waals surface area contributed by atoms with E-state index in [0.29, 0.717) is 18.8 Å². The smallest absolute Gasteiger partial charge is 0.211 e. The molecule has 0 saturated carbocycles. The van der Waals surface area contributed by atoms with Crippen molar-refractivity contribution in [3.05, 3.63) is 28.7 Å². The van der Waals surface area contributed by atoms with Crippen LogP contribution >= 0.6 is 27.5 Å². The first-order valence-electron chi connectivity index (χ1n) is 4.37. The number of alkyl halides is 1. The van der Waals surface area contributed by atoms with Crippen LogP contribution in [0.3, 0.4) is 0 Å². The fraction of sp³-hybridized carbons (Fsp3) is 0.333. The zero-order valence-corrected chi connectivity index (χ0v) is 11.1. The van der Waals surface area contributed by atoms with Gasteiger partial charge in [-0.15, -0.1) is 11.6 Å². The van der Waals surface area contributed by atoms with Gasteiger partial charge in [0, 0.05) is 16.9 Å². The predicted molar refractivity (Wildman–Crippen MR) is 64.7 cm³/mol. The highest BCUT2D eigenvalue weighted by molar-refractivity contribution is 9.10. The number of sulfonamides is 1. The standard InChI is InChI=1S/C9H11BrClNO2S/c10-8-3-1-4-9(7-8)15(13,14)12-6-2-5-11/h1,3-4,7,12H,2,5-6H2.